The van der Waals surface area contributed by atoms with E-state index >= 15 is 0 Å². The van der Waals surface area contributed by atoms with Gasteiger partial charge < -0.3 is 0 Å². The molecular weight excluding hydrogens is 351 g/mol. The van der Waals surface area contributed by atoms with E-state index in [1.54, 1.807) is 0 Å². The molecule has 0 fully saturated rings. The van der Waals surface area contributed by atoms with Gasteiger partial charge in [0.05, 0.1) is 0 Å². The summed E-state index contributed by atoms with van der Waals surface area (Å²) in [5.74, 6) is -0.794. The molecule has 0 saturated carbocycles. The summed E-state index contributed by atoms with van der Waals surface area (Å²) >= 11 is 6.65. The van der Waals surface area contributed by atoms with E-state index in [1.807, 2.05) is 61.5 Å². The SMILES string of the molecule is Cc1ccccc1[C@H](Cl)[C@@H](CC(=O)O)[Se]c1ccccc1. The molecule has 2 aromatic carbocycles. The number of carbonyl (C=O) groups is 1. The maximum atomic E-state index is 11.2. The van der Waals surface area contributed by atoms with Gasteiger partial charge in [-0.3, -0.25) is 0 Å². The van der Waals surface area contributed by atoms with Gasteiger partial charge in [0.1, 0.15) is 0 Å². The van der Waals surface area contributed by atoms with Gasteiger partial charge in [0.15, 0.2) is 0 Å². The van der Waals surface area contributed by atoms with E-state index in [9.17, 15) is 9.90 Å². The number of rotatable bonds is 6. The average molecular weight is 368 g/mol. The van der Waals surface area contributed by atoms with Crippen LogP contribution in [0.1, 0.15) is 22.9 Å². The third kappa shape index (κ3) is 4.60. The van der Waals surface area contributed by atoms with E-state index in [2.05, 4.69) is 0 Å². The van der Waals surface area contributed by atoms with Crippen molar-refractivity contribution in [3.63, 3.8) is 0 Å². The van der Waals surface area contributed by atoms with Gasteiger partial charge in [0, 0.05) is 0 Å². The minimum atomic E-state index is -0.794. The van der Waals surface area contributed by atoms with Crippen LogP contribution in [0, 0.1) is 6.92 Å². The summed E-state index contributed by atoms with van der Waals surface area (Å²) in [6.07, 6.45) is 0.0946. The molecule has 0 aromatic heterocycles. The number of halogens is 1. The van der Waals surface area contributed by atoms with Gasteiger partial charge in [-0.05, 0) is 0 Å². The second-order valence-electron chi connectivity index (χ2n) is 4.83. The standard InChI is InChI=1S/C17H17ClO2Se/c1-12-7-5-6-10-14(12)17(18)15(11-16(19)20)21-13-8-3-2-4-9-13/h2-10,15,17H,11H2,1H3,(H,19,20)/t15-,17+/m1/s1. The van der Waals surface area contributed by atoms with E-state index in [0.29, 0.717) is 0 Å². The normalized spacial score (nSPS) is 13.6. The number of alkyl halides is 1. The minimum absolute atomic E-state index is 0.0222. The van der Waals surface area contributed by atoms with Gasteiger partial charge in [-0.25, -0.2) is 0 Å². The van der Waals surface area contributed by atoms with Crippen molar-refractivity contribution < 1.29 is 9.90 Å². The summed E-state index contributed by atoms with van der Waals surface area (Å²) in [5.41, 5.74) is 2.14. The first-order valence-corrected chi connectivity index (χ1v) is 8.99. The fourth-order valence-corrected chi connectivity index (χ4v) is 5.17. The molecule has 2 rings (SSSR count). The Morgan fingerprint density at radius 2 is 1.76 bits per heavy atom. The zero-order chi connectivity index (χ0) is 15.2. The zero-order valence-electron chi connectivity index (χ0n) is 11.7. The van der Waals surface area contributed by atoms with Crippen LogP contribution in [-0.2, 0) is 4.79 Å². The van der Waals surface area contributed by atoms with Crippen molar-refractivity contribution in [3.05, 3.63) is 65.7 Å². The molecule has 0 amide bonds. The Labute approximate surface area is 136 Å². The number of benzene rings is 2. The molecule has 0 spiro atoms. The molecule has 0 saturated heterocycles. The van der Waals surface area contributed by atoms with Crippen LogP contribution in [0.2, 0.25) is 4.82 Å². The molecule has 0 unspecified atom stereocenters. The first-order chi connectivity index (χ1) is 10.1. The number of aryl methyl sites for hydroxylation is 1. The van der Waals surface area contributed by atoms with Crippen LogP contribution in [0.5, 0.6) is 0 Å². The van der Waals surface area contributed by atoms with Gasteiger partial charge in [0.25, 0.3) is 0 Å². The third-order valence-corrected chi connectivity index (χ3v) is 6.79. The summed E-state index contributed by atoms with van der Waals surface area (Å²) in [4.78, 5) is 11.1. The first kappa shape index (κ1) is 16.1. The maximum absolute atomic E-state index is 11.2. The van der Waals surface area contributed by atoms with Gasteiger partial charge >= 0.3 is 136 Å². The van der Waals surface area contributed by atoms with Crippen LogP contribution in [-0.4, -0.2) is 26.0 Å². The van der Waals surface area contributed by atoms with E-state index in [0.717, 1.165) is 11.1 Å². The van der Waals surface area contributed by atoms with Gasteiger partial charge in [-0.15, -0.1) is 0 Å². The number of hydrogen-bond acceptors (Lipinski definition) is 1. The molecule has 21 heavy (non-hydrogen) atoms. The number of aliphatic carboxylic acids is 1. The molecule has 0 aliphatic rings. The van der Waals surface area contributed by atoms with Crippen LogP contribution in [0.15, 0.2) is 54.6 Å². The van der Waals surface area contributed by atoms with E-state index in [4.69, 9.17) is 11.6 Å². The molecule has 0 aliphatic heterocycles. The van der Waals surface area contributed by atoms with Crippen molar-refractivity contribution in [2.45, 2.75) is 23.5 Å². The fraction of sp³-hybridized carbons (Fsp3) is 0.235. The van der Waals surface area contributed by atoms with Gasteiger partial charge in [0.2, 0.25) is 0 Å². The van der Waals surface area contributed by atoms with Crippen LogP contribution in [0.3, 0.4) is 0 Å². The Hall–Kier alpha value is -1.28. The van der Waals surface area contributed by atoms with Crippen LogP contribution >= 0.6 is 11.6 Å². The molecule has 1 N–H and O–H groups in total. The summed E-state index contributed by atoms with van der Waals surface area (Å²) < 4.78 is 1.18. The van der Waals surface area contributed by atoms with E-state index in [-0.39, 0.29) is 31.6 Å². The monoisotopic (exact) mass is 368 g/mol. The van der Waals surface area contributed by atoms with E-state index < -0.39 is 5.97 Å². The molecule has 0 bridgehead atoms. The Morgan fingerprint density at radius 1 is 1.14 bits per heavy atom. The Morgan fingerprint density at radius 3 is 2.38 bits per heavy atom. The molecule has 2 aromatic rings. The summed E-state index contributed by atoms with van der Waals surface area (Å²) in [5, 5.41) is 8.90. The molecular formula is C17H17ClO2Se. The van der Waals surface area contributed by atoms with Crippen LogP contribution in [0.25, 0.3) is 0 Å². The second-order valence-corrected chi connectivity index (χ2v) is 8.05. The van der Waals surface area contributed by atoms with Gasteiger partial charge in [-0.2, -0.15) is 0 Å². The van der Waals surface area contributed by atoms with Crippen molar-refractivity contribution in [2.24, 2.45) is 0 Å². The van der Waals surface area contributed by atoms with Crippen molar-refractivity contribution in [1.82, 2.24) is 0 Å². The zero-order valence-corrected chi connectivity index (χ0v) is 14.2. The summed E-state index contributed by atoms with van der Waals surface area (Å²) in [6.45, 7) is 2.01. The van der Waals surface area contributed by atoms with Crippen molar-refractivity contribution in [1.29, 1.82) is 0 Å². The number of carboxylic acids is 1. The predicted molar refractivity (Wildman–Crippen MR) is 87.6 cm³/mol. The Balaban J connectivity index is 2.23. The summed E-state index contributed by atoms with van der Waals surface area (Å²) in [6, 6.07) is 17.9. The topological polar surface area (TPSA) is 37.3 Å². The Kier molecular flexibility index (Phi) is 5.86. The molecule has 4 heteroatoms. The van der Waals surface area contributed by atoms with Crippen molar-refractivity contribution in [3.8, 4) is 0 Å². The van der Waals surface area contributed by atoms with Gasteiger partial charge in [-0.1, -0.05) is 0 Å². The van der Waals surface area contributed by atoms with Crippen molar-refractivity contribution >= 4 is 37.0 Å². The molecule has 110 valence electrons. The first-order valence-electron chi connectivity index (χ1n) is 6.71. The Bertz CT molecular complexity index is 601. The quantitative estimate of drug-likeness (QED) is 0.626. The summed E-state index contributed by atoms with van der Waals surface area (Å²) in [7, 11) is 0. The van der Waals surface area contributed by atoms with Crippen LogP contribution < -0.4 is 4.46 Å². The third-order valence-electron chi connectivity index (χ3n) is 3.22. The van der Waals surface area contributed by atoms with Crippen LogP contribution in [0.4, 0.5) is 0 Å². The molecule has 0 aliphatic carbocycles. The van der Waals surface area contributed by atoms with E-state index in [1.165, 1.54) is 4.46 Å². The van der Waals surface area contributed by atoms with Crippen molar-refractivity contribution in [2.75, 3.05) is 0 Å². The molecule has 2 atom stereocenters. The molecule has 0 heterocycles. The number of carboxylic acid groups (broad SMARTS) is 1. The number of hydrogen-bond donors (Lipinski definition) is 1. The predicted octanol–water partition coefficient (Wildman–Crippen LogP) is 3.57. The average Bonchev–Trinajstić information content (AvgIpc) is 2.47. The molecule has 0 radical (unpaired) electrons. The fourth-order valence-electron chi connectivity index (χ4n) is 2.15. The molecule has 2 nitrogen and oxygen atoms in total. The second kappa shape index (κ2) is 7.65.